The molecule has 0 atom stereocenters. The fraction of sp³-hybridized carbons (Fsp3) is 0. The van der Waals surface area contributed by atoms with Gasteiger partial charge < -0.3 is 33.1 Å². The molecule has 2 radical (unpaired) electrons. The predicted molar refractivity (Wildman–Crippen MR) is 31.1 cm³/mol. The second-order valence-electron chi connectivity index (χ2n) is 0. The summed E-state index contributed by atoms with van der Waals surface area (Å²) in [6.07, 6.45) is 0. The summed E-state index contributed by atoms with van der Waals surface area (Å²) in [5.74, 6) is 0. The van der Waals surface area contributed by atoms with Crippen LogP contribution in [0.1, 0.15) is 0 Å². The number of thiol groups is 2. The van der Waals surface area contributed by atoms with Crippen LogP contribution in [0.5, 0.6) is 0 Å². The van der Waals surface area contributed by atoms with Crippen LogP contribution in [-0.4, -0.2) is 17.6 Å². The van der Waals surface area contributed by atoms with Gasteiger partial charge in [0.2, 0.25) is 0 Å². The van der Waals surface area contributed by atoms with Crippen LogP contribution in [0.2, 0.25) is 0 Å². The van der Waals surface area contributed by atoms with E-state index in [0.29, 0.717) is 0 Å². The van der Waals surface area contributed by atoms with E-state index in [1.165, 1.54) is 0 Å². The van der Waals surface area contributed by atoms with Gasteiger partial charge in [-0.05, 0) is 0 Å². The average molecular weight is 158 g/mol. The van der Waals surface area contributed by atoms with Crippen molar-refractivity contribution in [2.24, 2.45) is 0 Å². The summed E-state index contributed by atoms with van der Waals surface area (Å²) in [4.78, 5) is 0. The molecule has 0 saturated heterocycles. The molecule has 0 rings (SSSR count). The first kappa shape index (κ1) is 63.5. The molecule has 0 aromatic carbocycles. The van der Waals surface area contributed by atoms with Crippen molar-refractivity contribution in [3.8, 4) is 0 Å². The molecule has 0 aromatic rings. The molecule has 0 aliphatic rings. The van der Waals surface area contributed by atoms with Crippen LogP contribution in [0, 0.1) is 0 Å². The Morgan fingerprint density at radius 3 is 0.750 bits per heavy atom. The van der Waals surface area contributed by atoms with E-state index in [0.717, 1.165) is 0 Å². The summed E-state index contributed by atoms with van der Waals surface area (Å²) in [6, 6.07) is 0. The minimum absolute atomic E-state index is 0. The summed E-state index contributed by atoms with van der Waals surface area (Å²) >= 11 is 0. The molecule has 0 aliphatic carbocycles. The topological polar surface area (TPSA) is 35.0 Å². The Balaban J connectivity index is 0. The van der Waals surface area contributed by atoms with Crippen molar-refractivity contribution in [3.63, 3.8) is 0 Å². The second-order valence-corrected chi connectivity index (χ2v) is 0. The number of hydrogen-bond acceptors (Lipinski definition) is 3. The largest absolute Gasteiger partial charge is 0.813 e. The Hall–Kier alpha value is 1.20. The first-order chi connectivity index (χ1) is 0. The third kappa shape index (κ3) is 10.7. The molecular formula is H7GeNS2-2. The van der Waals surface area contributed by atoms with Crippen LogP contribution < -0.4 is 6.15 Å². The molecule has 0 unspecified atom stereocenters. The standard InChI is InChI=1S/GeH2.H3N.2H2S/h1H2;1H3;2*1H2/p-2. The monoisotopic (exact) mass is 159 g/mol. The molecule has 0 bridgehead atoms. The van der Waals surface area contributed by atoms with E-state index in [1.54, 1.807) is 0 Å². The maximum absolute atomic E-state index is 0. The molecule has 0 spiro atoms. The average Bonchev–Trinajstić information content (AvgIpc) is 0. The van der Waals surface area contributed by atoms with Gasteiger partial charge in [0.15, 0.2) is 0 Å². The molecule has 4 heavy (non-hydrogen) atoms. The molecule has 0 heterocycles. The van der Waals surface area contributed by atoms with Crippen molar-refractivity contribution in [2.45, 2.75) is 0 Å². The van der Waals surface area contributed by atoms with Gasteiger partial charge in [-0.15, -0.1) is 0 Å². The van der Waals surface area contributed by atoms with E-state index in [4.69, 9.17) is 0 Å². The minimum atomic E-state index is 0. The SMILES string of the molecule is N.[GeH2].[SH-].[SH-]. The van der Waals surface area contributed by atoms with Gasteiger partial charge in [0, 0.05) is 0 Å². The van der Waals surface area contributed by atoms with Gasteiger partial charge in [0.25, 0.3) is 0 Å². The Kier molecular flexibility index (Phi) is 473. The van der Waals surface area contributed by atoms with E-state index >= 15 is 0 Å². The van der Waals surface area contributed by atoms with Crippen LogP contribution in [0.4, 0.5) is 0 Å². The molecule has 4 heteroatoms. The van der Waals surface area contributed by atoms with Crippen molar-refractivity contribution in [1.82, 2.24) is 6.15 Å². The molecule has 0 aromatic heterocycles. The fourth-order valence-corrected chi connectivity index (χ4v) is 0. The normalized spacial score (nSPS) is 0. The van der Waals surface area contributed by atoms with Crippen molar-refractivity contribution < 1.29 is 0 Å². The second kappa shape index (κ2) is 29.8. The third-order valence-corrected chi connectivity index (χ3v) is 0. The minimum Gasteiger partial charge on any atom is -0.813 e. The van der Waals surface area contributed by atoms with Gasteiger partial charge in [-0.25, -0.2) is 0 Å². The Labute approximate surface area is 51.0 Å². The van der Waals surface area contributed by atoms with Gasteiger partial charge >= 0.3 is 17.6 Å². The Morgan fingerprint density at radius 1 is 0.750 bits per heavy atom. The van der Waals surface area contributed by atoms with Crippen LogP contribution in [0.3, 0.4) is 0 Å². The molecule has 0 saturated carbocycles. The summed E-state index contributed by atoms with van der Waals surface area (Å²) in [6.45, 7) is 0. The molecular weight excluding hydrogens is 151 g/mol. The fourth-order valence-electron chi connectivity index (χ4n) is 0. The van der Waals surface area contributed by atoms with E-state index in [2.05, 4.69) is 0 Å². The maximum atomic E-state index is 0. The molecule has 3 N–H and O–H groups in total. The van der Waals surface area contributed by atoms with Gasteiger partial charge in [-0.1, -0.05) is 0 Å². The zero-order chi connectivity index (χ0) is 0. The van der Waals surface area contributed by atoms with E-state index in [-0.39, 0.29) is 50.7 Å². The summed E-state index contributed by atoms with van der Waals surface area (Å²) in [5, 5.41) is 0. The number of rotatable bonds is 0. The van der Waals surface area contributed by atoms with Gasteiger partial charge in [0.1, 0.15) is 0 Å². The van der Waals surface area contributed by atoms with E-state index in [9.17, 15) is 0 Å². The first-order valence-corrected chi connectivity index (χ1v) is 0. The molecule has 0 aliphatic heterocycles. The number of hydrogen-bond donors (Lipinski definition) is 1. The zero-order valence-corrected chi connectivity index (χ0v) is 7.06. The van der Waals surface area contributed by atoms with Crippen LogP contribution in [0.15, 0.2) is 0 Å². The summed E-state index contributed by atoms with van der Waals surface area (Å²) < 4.78 is 0. The first-order valence-electron chi connectivity index (χ1n) is 0. The van der Waals surface area contributed by atoms with Crippen molar-refractivity contribution >= 4 is 44.6 Å². The summed E-state index contributed by atoms with van der Waals surface area (Å²) in [7, 11) is 0. The van der Waals surface area contributed by atoms with Crippen molar-refractivity contribution in [3.05, 3.63) is 0 Å². The molecule has 1 nitrogen and oxygen atoms in total. The maximum Gasteiger partial charge on any atom is -0.813 e. The summed E-state index contributed by atoms with van der Waals surface area (Å²) in [5.41, 5.74) is 0. The smallest absolute Gasteiger partial charge is 0.813 e. The molecule has 30 valence electrons. The quantitative estimate of drug-likeness (QED) is 0.270. The van der Waals surface area contributed by atoms with Gasteiger partial charge in [-0.2, -0.15) is 0 Å². The van der Waals surface area contributed by atoms with E-state index < -0.39 is 0 Å². The van der Waals surface area contributed by atoms with Crippen LogP contribution in [-0.2, 0) is 27.0 Å². The van der Waals surface area contributed by atoms with Crippen molar-refractivity contribution in [2.75, 3.05) is 0 Å². The Morgan fingerprint density at radius 2 is 0.750 bits per heavy atom. The Bertz CT molecular complexity index is 6.00. The predicted octanol–water partition coefficient (Wildman–Crippen LogP) is -1.29. The van der Waals surface area contributed by atoms with Gasteiger partial charge in [0.05, 0.1) is 0 Å². The zero-order valence-electron chi connectivity index (χ0n) is 2.31. The third-order valence-electron chi connectivity index (χ3n) is 0. The van der Waals surface area contributed by atoms with Gasteiger partial charge in [-0.3, -0.25) is 0 Å². The molecule has 0 amide bonds. The van der Waals surface area contributed by atoms with Crippen LogP contribution >= 0.6 is 0 Å². The van der Waals surface area contributed by atoms with E-state index in [1.807, 2.05) is 0 Å². The molecule has 0 fully saturated rings. The van der Waals surface area contributed by atoms with Crippen LogP contribution in [0.25, 0.3) is 0 Å². The van der Waals surface area contributed by atoms with Crippen molar-refractivity contribution in [1.29, 1.82) is 0 Å².